The van der Waals surface area contributed by atoms with E-state index in [2.05, 4.69) is 11.4 Å². The van der Waals surface area contributed by atoms with Gasteiger partial charge in [0.05, 0.1) is 11.5 Å². The van der Waals surface area contributed by atoms with E-state index in [1.165, 1.54) is 0 Å². The number of rotatable bonds is 2. The second kappa shape index (κ2) is 4.82. The van der Waals surface area contributed by atoms with Gasteiger partial charge in [-0.05, 0) is 57.7 Å². The lowest BCUT2D eigenvalue weighted by atomic mass is 9.95. The molecule has 1 saturated carbocycles. The molecular formula is C16H20N2O2. The maximum absolute atomic E-state index is 11.7. The molecule has 2 rings (SSSR count). The van der Waals surface area contributed by atoms with E-state index in [0.717, 1.165) is 29.7 Å². The molecular weight excluding hydrogens is 252 g/mol. The smallest absolute Gasteiger partial charge is 0.412 e. The number of nitriles is 1. The van der Waals surface area contributed by atoms with Crippen molar-refractivity contribution in [1.82, 2.24) is 0 Å². The second-order valence-electron chi connectivity index (χ2n) is 6.35. The first-order valence-corrected chi connectivity index (χ1v) is 6.78. The van der Waals surface area contributed by atoms with Crippen LogP contribution >= 0.6 is 0 Å². The quantitative estimate of drug-likeness (QED) is 0.888. The highest BCUT2D eigenvalue weighted by Gasteiger charge is 2.44. The van der Waals surface area contributed by atoms with Crippen molar-refractivity contribution in [2.24, 2.45) is 0 Å². The van der Waals surface area contributed by atoms with Gasteiger partial charge in [-0.2, -0.15) is 5.26 Å². The molecule has 0 aromatic heterocycles. The van der Waals surface area contributed by atoms with Crippen LogP contribution in [0.5, 0.6) is 0 Å². The fraction of sp³-hybridized carbons (Fsp3) is 0.500. The number of nitrogens with one attached hydrogen (secondary N) is 1. The SMILES string of the molecule is Cc1cc(C2(C#N)CC2)ccc1NC(=O)OC(C)(C)C. The van der Waals surface area contributed by atoms with Gasteiger partial charge in [0, 0.05) is 5.69 Å². The Morgan fingerprint density at radius 3 is 2.50 bits per heavy atom. The predicted molar refractivity (Wildman–Crippen MR) is 77.6 cm³/mol. The number of anilines is 1. The number of aryl methyl sites for hydroxylation is 1. The molecule has 20 heavy (non-hydrogen) atoms. The molecule has 1 aliphatic rings. The standard InChI is InChI=1S/C16H20N2O2/c1-11-9-12(16(10-17)7-8-16)5-6-13(11)18-14(19)20-15(2,3)4/h5-6,9H,7-8H2,1-4H3,(H,18,19). The Morgan fingerprint density at radius 2 is 2.05 bits per heavy atom. The minimum atomic E-state index is -0.517. The minimum Gasteiger partial charge on any atom is -0.444 e. The highest BCUT2D eigenvalue weighted by atomic mass is 16.6. The summed E-state index contributed by atoms with van der Waals surface area (Å²) < 4.78 is 5.23. The molecule has 0 aliphatic heterocycles. The van der Waals surface area contributed by atoms with Crippen molar-refractivity contribution in [3.8, 4) is 6.07 Å². The number of carbonyl (C=O) groups excluding carboxylic acids is 1. The third kappa shape index (κ3) is 3.11. The van der Waals surface area contributed by atoms with Crippen LogP contribution in [0.2, 0.25) is 0 Å². The molecule has 4 heteroatoms. The van der Waals surface area contributed by atoms with Gasteiger partial charge in [-0.3, -0.25) is 5.32 Å². The van der Waals surface area contributed by atoms with Crippen LogP contribution in [-0.2, 0) is 10.2 Å². The summed E-state index contributed by atoms with van der Waals surface area (Å²) in [6, 6.07) is 8.10. The van der Waals surface area contributed by atoms with E-state index >= 15 is 0 Å². The van der Waals surface area contributed by atoms with Crippen LogP contribution in [0.25, 0.3) is 0 Å². The van der Waals surface area contributed by atoms with Crippen molar-refractivity contribution in [2.45, 2.75) is 51.6 Å². The zero-order valence-electron chi connectivity index (χ0n) is 12.4. The number of amides is 1. The van der Waals surface area contributed by atoms with Crippen molar-refractivity contribution < 1.29 is 9.53 Å². The molecule has 0 atom stereocenters. The molecule has 1 aromatic rings. The van der Waals surface area contributed by atoms with Crippen molar-refractivity contribution in [1.29, 1.82) is 5.26 Å². The molecule has 1 N–H and O–H groups in total. The van der Waals surface area contributed by atoms with E-state index < -0.39 is 11.7 Å². The molecule has 1 aromatic carbocycles. The molecule has 0 unspecified atom stereocenters. The van der Waals surface area contributed by atoms with E-state index in [9.17, 15) is 10.1 Å². The number of hydrogen-bond acceptors (Lipinski definition) is 3. The zero-order valence-corrected chi connectivity index (χ0v) is 12.4. The monoisotopic (exact) mass is 272 g/mol. The Labute approximate surface area is 119 Å². The Balaban J connectivity index is 2.11. The summed E-state index contributed by atoms with van der Waals surface area (Å²) in [6.07, 6.45) is 1.37. The van der Waals surface area contributed by atoms with Gasteiger partial charge in [-0.15, -0.1) is 0 Å². The van der Waals surface area contributed by atoms with Gasteiger partial charge in [-0.25, -0.2) is 4.79 Å². The summed E-state index contributed by atoms with van der Waals surface area (Å²) in [5, 5.41) is 11.9. The first-order valence-electron chi connectivity index (χ1n) is 6.78. The number of hydrogen-bond donors (Lipinski definition) is 1. The van der Waals surface area contributed by atoms with Crippen LogP contribution in [0, 0.1) is 18.3 Å². The average molecular weight is 272 g/mol. The van der Waals surface area contributed by atoms with Gasteiger partial charge >= 0.3 is 6.09 Å². The lowest BCUT2D eigenvalue weighted by Gasteiger charge is -2.20. The molecule has 0 spiro atoms. The third-order valence-corrected chi connectivity index (χ3v) is 3.38. The molecule has 0 radical (unpaired) electrons. The fourth-order valence-electron chi connectivity index (χ4n) is 2.11. The zero-order chi connectivity index (χ0) is 15.0. The maximum Gasteiger partial charge on any atom is 0.412 e. The Bertz CT molecular complexity index is 575. The molecule has 1 fully saturated rings. The number of ether oxygens (including phenoxy) is 1. The Hall–Kier alpha value is -2.02. The van der Waals surface area contributed by atoms with E-state index in [1.807, 2.05) is 45.9 Å². The van der Waals surface area contributed by atoms with Crippen molar-refractivity contribution in [3.05, 3.63) is 29.3 Å². The predicted octanol–water partition coefficient (Wildman–Crippen LogP) is 3.90. The van der Waals surface area contributed by atoms with E-state index in [0.29, 0.717) is 0 Å². The summed E-state index contributed by atoms with van der Waals surface area (Å²) in [5.41, 5.74) is 1.88. The van der Waals surface area contributed by atoms with E-state index in [4.69, 9.17) is 4.74 Å². The summed E-state index contributed by atoms with van der Waals surface area (Å²) in [4.78, 5) is 11.7. The topological polar surface area (TPSA) is 62.1 Å². The number of benzene rings is 1. The second-order valence-corrected chi connectivity index (χ2v) is 6.35. The molecule has 4 nitrogen and oxygen atoms in total. The Kier molecular flexibility index (Phi) is 3.47. The van der Waals surface area contributed by atoms with Crippen LogP contribution in [0.4, 0.5) is 10.5 Å². The maximum atomic E-state index is 11.7. The number of nitrogens with zero attached hydrogens (tertiary/aromatic N) is 1. The van der Waals surface area contributed by atoms with Gasteiger partial charge < -0.3 is 4.74 Å². The normalized spacial score (nSPS) is 16.1. The van der Waals surface area contributed by atoms with Crippen molar-refractivity contribution in [2.75, 3.05) is 5.32 Å². The van der Waals surface area contributed by atoms with Gasteiger partial charge in [0.25, 0.3) is 0 Å². The van der Waals surface area contributed by atoms with E-state index in [1.54, 1.807) is 0 Å². The highest BCUT2D eigenvalue weighted by Crippen LogP contribution is 2.48. The summed E-state index contributed by atoms with van der Waals surface area (Å²) in [5.74, 6) is 0. The van der Waals surface area contributed by atoms with Crippen LogP contribution < -0.4 is 5.32 Å². The first-order chi connectivity index (χ1) is 9.26. The van der Waals surface area contributed by atoms with Gasteiger partial charge in [-0.1, -0.05) is 12.1 Å². The van der Waals surface area contributed by atoms with Crippen LogP contribution in [0.15, 0.2) is 18.2 Å². The van der Waals surface area contributed by atoms with Crippen molar-refractivity contribution in [3.63, 3.8) is 0 Å². The third-order valence-electron chi connectivity index (χ3n) is 3.38. The average Bonchev–Trinajstić information content (AvgIpc) is 3.10. The molecule has 0 saturated heterocycles. The van der Waals surface area contributed by atoms with Gasteiger partial charge in [0.1, 0.15) is 5.60 Å². The molecule has 1 amide bonds. The molecule has 1 aliphatic carbocycles. The summed E-state index contributed by atoms with van der Waals surface area (Å²) in [6.45, 7) is 7.40. The number of carbonyl (C=O) groups is 1. The van der Waals surface area contributed by atoms with Gasteiger partial charge in [0.2, 0.25) is 0 Å². The molecule has 0 bridgehead atoms. The van der Waals surface area contributed by atoms with Crippen LogP contribution in [0.1, 0.15) is 44.7 Å². The highest BCUT2D eigenvalue weighted by molar-refractivity contribution is 5.86. The van der Waals surface area contributed by atoms with Crippen molar-refractivity contribution >= 4 is 11.8 Å². The fourth-order valence-corrected chi connectivity index (χ4v) is 2.11. The van der Waals surface area contributed by atoms with Crippen LogP contribution in [-0.4, -0.2) is 11.7 Å². The largest absolute Gasteiger partial charge is 0.444 e. The minimum absolute atomic E-state index is 0.296. The van der Waals surface area contributed by atoms with Crippen LogP contribution in [0.3, 0.4) is 0 Å². The molecule has 106 valence electrons. The first kappa shape index (κ1) is 14.4. The Morgan fingerprint density at radius 1 is 1.40 bits per heavy atom. The van der Waals surface area contributed by atoms with E-state index in [-0.39, 0.29) is 5.41 Å². The summed E-state index contributed by atoms with van der Waals surface area (Å²) >= 11 is 0. The lowest BCUT2D eigenvalue weighted by molar-refractivity contribution is 0.0636. The van der Waals surface area contributed by atoms with Gasteiger partial charge in [0.15, 0.2) is 0 Å². The summed E-state index contributed by atoms with van der Waals surface area (Å²) in [7, 11) is 0. The molecule has 0 heterocycles. The lowest BCUT2D eigenvalue weighted by Crippen LogP contribution is -2.27.